The fourth-order valence-corrected chi connectivity index (χ4v) is 2.77. The van der Waals surface area contributed by atoms with E-state index in [-0.39, 0.29) is 5.91 Å². The predicted octanol–water partition coefficient (Wildman–Crippen LogP) is 4.73. The lowest BCUT2D eigenvalue weighted by atomic mass is 10.1. The highest BCUT2D eigenvalue weighted by atomic mass is 35.5. The molecule has 3 aromatic rings. The molecule has 0 spiro atoms. The Hall–Kier alpha value is -2.92. The van der Waals surface area contributed by atoms with Crippen molar-refractivity contribution in [2.24, 2.45) is 0 Å². The van der Waals surface area contributed by atoms with Crippen molar-refractivity contribution in [3.05, 3.63) is 81.8 Å². The Balaban J connectivity index is 1.75. The minimum atomic E-state index is -0.250. The Morgan fingerprint density at radius 1 is 1.04 bits per heavy atom. The molecule has 2 N–H and O–H groups in total. The molecule has 0 aliphatic carbocycles. The second-order valence-electron chi connectivity index (χ2n) is 6.37. The van der Waals surface area contributed by atoms with Crippen molar-refractivity contribution in [2.45, 2.75) is 27.3 Å². The van der Waals surface area contributed by atoms with Crippen molar-refractivity contribution < 1.29 is 4.79 Å². The lowest BCUT2D eigenvalue weighted by Gasteiger charge is -2.12. The number of nitrogens with zero attached hydrogens (tertiary/aromatic N) is 2. The smallest absolute Gasteiger partial charge is 0.270 e. The van der Waals surface area contributed by atoms with Gasteiger partial charge in [-0.05, 0) is 55.7 Å². The number of halogens is 1. The molecular weight excluding hydrogens is 360 g/mol. The molecule has 0 aliphatic rings. The third-order valence-corrected chi connectivity index (χ3v) is 4.56. The minimum Gasteiger partial charge on any atom is -0.347 e. The number of aromatic nitrogens is 2. The molecule has 0 bridgehead atoms. The molecule has 0 atom stereocenters. The van der Waals surface area contributed by atoms with Crippen LogP contribution in [-0.4, -0.2) is 15.9 Å². The summed E-state index contributed by atoms with van der Waals surface area (Å²) in [7, 11) is 0. The quantitative estimate of drug-likeness (QED) is 0.671. The molecule has 0 saturated carbocycles. The zero-order valence-electron chi connectivity index (χ0n) is 15.5. The van der Waals surface area contributed by atoms with Gasteiger partial charge in [-0.25, -0.2) is 9.97 Å². The van der Waals surface area contributed by atoms with Gasteiger partial charge >= 0.3 is 0 Å². The van der Waals surface area contributed by atoms with Crippen molar-refractivity contribution >= 4 is 29.0 Å². The van der Waals surface area contributed by atoms with E-state index in [0.29, 0.717) is 28.9 Å². The number of rotatable bonds is 5. The third-order valence-electron chi connectivity index (χ3n) is 4.30. The highest BCUT2D eigenvalue weighted by Crippen LogP contribution is 2.22. The number of amides is 1. The number of benzene rings is 2. The van der Waals surface area contributed by atoms with E-state index >= 15 is 0 Å². The lowest BCUT2D eigenvalue weighted by molar-refractivity contribution is 0.0945. The third kappa shape index (κ3) is 4.83. The summed E-state index contributed by atoms with van der Waals surface area (Å²) < 4.78 is 0. The number of hydrogen-bond acceptors (Lipinski definition) is 4. The van der Waals surface area contributed by atoms with Crippen LogP contribution < -0.4 is 10.6 Å². The standard InChI is InChI=1S/C21H21ClN4O/c1-13-5-4-6-18(14(13)2)26-20-11-19(24-15(3)25-20)21(27)23-12-16-7-9-17(22)10-8-16/h4-11H,12H2,1-3H3,(H,23,27)(H,24,25,26). The van der Waals surface area contributed by atoms with Crippen molar-refractivity contribution in [2.75, 3.05) is 5.32 Å². The molecule has 0 unspecified atom stereocenters. The maximum Gasteiger partial charge on any atom is 0.270 e. The summed E-state index contributed by atoms with van der Waals surface area (Å²) in [5.74, 6) is 0.870. The Kier molecular flexibility index (Phi) is 5.72. The van der Waals surface area contributed by atoms with Crippen molar-refractivity contribution in [3.8, 4) is 0 Å². The van der Waals surface area contributed by atoms with Gasteiger partial charge in [0.05, 0.1) is 0 Å². The summed E-state index contributed by atoms with van der Waals surface area (Å²) in [6.45, 7) is 6.27. The largest absolute Gasteiger partial charge is 0.347 e. The van der Waals surface area contributed by atoms with Gasteiger partial charge in [0.15, 0.2) is 0 Å². The molecule has 6 heteroatoms. The fourth-order valence-electron chi connectivity index (χ4n) is 2.65. The van der Waals surface area contributed by atoms with E-state index in [1.54, 1.807) is 25.1 Å². The number of aryl methyl sites for hydroxylation is 2. The Labute approximate surface area is 163 Å². The van der Waals surface area contributed by atoms with Gasteiger partial charge in [-0.1, -0.05) is 35.9 Å². The topological polar surface area (TPSA) is 66.9 Å². The van der Waals surface area contributed by atoms with Gasteiger partial charge in [-0.15, -0.1) is 0 Å². The van der Waals surface area contributed by atoms with Crippen LogP contribution in [0.3, 0.4) is 0 Å². The molecule has 3 rings (SSSR count). The summed E-state index contributed by atoms with van der Waals surface area (Å²) in [6, 6.07) is 15.0. The van der Waals surface area contributed by atoms with Gasteiger partial charge in [0.2, 0.25) is 0 Å². The second-order valence-corrected chi connectivity index (χ2v) is 6.80. The fraction of sp³-hybridized carbons (Fsp3) is 0.190. The van der Waals surface area contributed by atoms with E-state index in [1.165, 1.54) is 5.56 Å². The molecule has 5 nitrogen and oxygen atoms in total. The summed E-state index contributed by atoms with van der Waals surface area (Å²) in [6.07, 6.45) is 0. The Morgan fingerprint density at radius 2 is 1.78 bits per heavy atom. The van der Waals surface area contributed by atoms with Crippen LogP contribution in [0.25, 0.3) is 0 Å². The van der Waals surface area contributed by atoms with E-state index in [4.69, 9.17) is 11.6 Å². The first-order chi connectivity index (χ1) is 12.9. The normalized spacial score (nSPS) is 10.5. The van der Waals surface area contributed by atoms with Gasteiger partial charge in [0.1, 0.15) is 17.3 Å². The van der Waals surface area contributed by atoms with Crippen molar-refractivity contribution in [1.29, 1.82) is 0 Å². The van der Waals surface area contributed by atoms with Gasteiger partial charge < -0.3 is 10.6 Å². The summed E-state index contributed by atoms with van der Waals surface area (Å²) in [4.78, 5) is 21.2. The minimum absolute atomic E-state index is 0.250. The van der Waals surface area contributed by atoms with Crippen LogP contribution in [0.15, 0.2) is 48.5 Å². The van der Waals surface area contributed by atoms with E-state index in [1.807, 2.05) is 31.2 Å². The van der Waals surface area contributed by atoms with Crippen LogP contribution in [0, 0.1) is 20.8 Å². The maximum atomic E-state index is 12.5. The number of nitrogens with one attached hydrogen (secondary N) is 2. The highest BCUT2D eigenvalue weighted by Gasteiger charge is 2.11. The van der Waals surface area contributed by atoms with Crippen LogP contribution in [0.2, 0.25) is 5.02 Å². The van der Waals surface area contributed by atoms with E-state index < -0.39 is 0 Å². The summed E-state index contributed by atoms with van der Waals surface area (Å²) in [5.41, 5.74) is 4.58. The van der Waals surface area contributed by atoms with Gasteiger partial charge in [-0.3, -0.25) is 4.79 Å². The van der Waals surface area contributed by atoms with E-state index in [0.717, 1.165) is 16.8 Å². The SMILES string of the molecule is Cc1nc(Nc2cccc(C)c2C)cc(C(=O)NCc2ccc(Cl)cc2)n1. The lowest BCUT2D eigenvalue weighted by Crippen LogP contribution is -2.24. The van der Waals surface area contributed by atoms with Crippen LogP contribution in [0.1, 0.15) is 33.0 Å². The molecular formula is C21H21ClN4O. The molecule has 27 heavy (non-hydrogen) atoms. The summed E-state index contributed by atoms with van der Waals surface area (Å²) in [5, 5.41) is 6.82. The van der Waals surface area contributed by atoms with Crippen LogP contribution in [0.4, 0.5) is 11.5 Å². The number of carbonyl (C=O) groups is 1. The molecule has 2 aromatic carbocycles. The molecule has 0 fully saturated rings. The predicted molar refractivity (Wildman–Crippen MR) is 109 cm³/mol. The molecule has 0 radical (unpaired) electrons. The van der Waals surface area contributed by atoms with E-state index in [2.05, 4.69) is 33.6 Å². The molecule has 1 aromatic heterocycles. The Morgan fingerprint density at radius 3 is 2.52 bits per heavy atom. The van der Waals surface area contributed by atoms with Crippen LogP contribution in [0.5, 0.6) is 0 Å². The molecule has 1 heterocycles. The first-order valence-corrected chi connectivity index (χ1v) is 9.02. The average molecular weight is 381 g/mol. The molecule has 1 amide bonds. The number of carbonyl (C=O) groups excluding carboxylic acids is 1. The zero-order chi connectivity index (χ0) is 19.4. The van der Waals surface area contributed by atoms with Crippen molar-refractivity contribution in [1.82, 2.24) is 15.3 Å². The first-order valence-electron chi connectivity index (χ1n) is 8.64. The monoisotopic (exact) mass is 380 g/mol. The average Bonchev–Trinajstić information content (AvgIpc) is 2.64. The van der Waals surface area contributed by atoms with Gasteiger partial charge in [0.25, 0.3) is 5.91 Å². The van der Waals surface area contributed by atoms with Crippen LogP contribution in [-0.2, 0) is 6.54 Å². The van der Waals surface area contributed by atoms with Gasteiger partial charge in [0, 0.05) is 23.3 Å². The first kappa shape index (κ1) is 18.9. The van der Waals surface area contributed by atoms with Crippen molar-refractivity contribution in [3.63, 3.8) is 0 Å². The molecule has 138 valence electrons. The summed E-state index contributed by atoms with van der Waals surface area (Å²) >= 11 is 5.88. The number of anilines is 2. The second kappa shape index (κ2) is 8.18. The Bertz CT molecular complexity index is 970. The highest BCUT2D eigenvalue weighted by molar-refractivity contribution is 6.30. The van der Waals surface area contributed by atoms with Gasteiger partial charge in [-0.2, -0.15) is 0 Å². The van der Waals surface area contributed by atoms with E-state index in [9.17, 15) is 4.79 Å². The zero-order valence-corrected chi connectivity index (χ0v) is 16.3. The van der Waals surface area contributed by atoms with Crippen LogP contribution >= 0.6 is 11.6 Å². The molecule has 0 aliphatic heterocycles. The number of hydrogen-bond donors (Lipinski definition) is 2. The maximum absolute atomic E-state index is 12.5. The molecule has 0 saturated heterocycles.